The van der Waals surface area contributed by atoms with Crippen molar-refractivity contribution in [2.24, 2.45) is 5.92 Å². The lowest BCUT2D eigenvalue weighted by Gasteiger charge is -2.36. The van der Waals surface area contributed by atoms with Crippen LogP contribution >= 0.6 is 0 Å². The summed E-state index contributed by atoms with van der Waals surface area (Å²) in [6.45, 7) is 2.94. The molecule has 3 atom stereocenters. The number of aliphatic hydroxyl groups is 1. The van der Waals surface area contributed by atoms with Crippen molar-refractivity contribution in [3.05, 3.63) is 143 Å². The van der Waals surface area contributed by atoms with Crippen LogP contribution in [-0.4, -0.2) is 40.4 Å². The summed E-state index contributed by atoms with van der Waals surface area (Å²) in [7, 11) is 0. The number of Topliss-reactive ketones (excluding diaryl/α,β-unsaturated/α-hetero) is 1. The zero-order chi connectivity index (χ0) is 33.1. The van der Waals surface area contributed by atoms with Crippen LogP contribution in [0.3, 0.4) is 0 Å². The number of nitrogens with one attached hydrogen (secondary N) is 2. The Morgan fingerprint density at radius 3 is 1.98 bits per heavy atom. The SMILES string of the molecule is C[C@@H](NC(=O)NC1CCC(CCN2[C@@H]3CC[C@H]2c2ccc(C(=O)Cc4ccccc4)cc23)CC1)C(O)(c1ccccc1)c1ccccc1. The molecule has 2 amide bonds. The molecule has 2 aliphatic heterocycles. The fraction of sp³-hybridized carbons (Fsp3) is 0.381. The number of amides is 2. The van der Waals surface area contributed by atoms with Crippen LogP contribution in [0.5, 0.6) is 0 Å². The molecule has 4 aromatic carbocycles. The van der Waals surface area contributed by atoms with Crippen LogP contribution in [0.15, 0.2) is 109 Å². The van der Waals surface area contributed by atoms with Gasteiger partial charge in [0.15, 0.2) is 5.78 Å². The fourth-order valence-electron chi connectivity index (χ4n) is 8.57. The van der Waals surface area contributed by atoms with E-state index in [9.17, 15) is 14.7 Å². The topological polar surface area (TPSA) is 81.7 Å². The molecule has 1 aliphatic carbocycles. The van der Waals surface area contributed by atoms with Crippen molar-refractivity contribution in [3.63, 3.8) is 0 Å². The molecule has 4 aromatic rings. The number of ketones is 1. The minimum Gasteiger partial charge on any atom is -0.378 e. The minimum absolute atomic E-state index is 0.133. The Balaban J connectivity index is 0.897. The van der Waals surface area contributed by atoms with E-state index in [0.29, 0.717) is 24.4 Å². The second kappa shape index (κ2) is 14.1. The quantitative estimate of drug-likeness (QED) is 0.146. The Kier molecular flexibility index (Phi) is 9.47. The monoisotopic (exact) mass is 641 g/mol. The van der Waals surface area contributed by atoms with Crippen molar-refractivity contribution in [2.45, 2.75) is 88.1 Å². The first kappa shape index (κ1) is 32.3. The second-order valence-electron chi connectivity index (χ2n) is 14.1. The van der Waals surface area contributed by atoms with Gasteiger partial charge in [0.05, 0.1) is 6.04 Å². The summed E-state index contributed by atoms with van der Waals surface area (Å²) in [5.74, 6) is 0.840. The average Bonchev–Trinajstić information content (AvgIpc) is 3.67. The van der Waals surface area contributed by atoms with Crippen LogP contribution in [0.2, 0.25) is 0 Å². The molecule has 3 N–H and O–H groups in total. The molecule has 0 radical (unpaired) electrons. The number of urea groups is 1. The van der Waals surface area contributed by atoms with E-state index in [4.69, 9.17) is 0 Å². The van der Waals surface area contributed by atoms with E-state index < -0.39 is 11.6 Å². The van der Waals surface area contributed by atoms with Gasteiger partial charge in [0.25, 0.3) is 0 Å². The number of carbonyl (C=O) groups excluding carboxylic acids is 2. The van der Waals surface area contributed by atoms with Gasteiger partial charge in [-0.1, -0.05) is 103 Å². The van der Waals surface area contributed by atoms with Gasteiger partial charge in [-0.3, -0.25) is 9.69 Å². The number of hydrogen-bond acceptors (Lipinski definition) is 4. The molecule has 2 heterocycles. The molecule has 0 spiro atoms. The number of fused-ring (bicyclic) bond motifs is 5. The van der Waals surface area contributed by atoms with E-state index in [1.165, 1.54) is 24.0 Å². The molecule has 248 valence electrons. The zero-order valence-corrected chi connectivity index (χ0v) is 27.9. The molecule has 1 saturated carbocycles. The lowest BCUT2D eigenvalue weighted by Crippen LogP contribution is -2.54. The Hall–Kier alpha value is -4.26. The number of hydrogen-bond donors (Lipinski definition) is 3. The first-order valence-corrected chi connectivity index (χ1v) is 17.8. The number of nitrogens with zero attached hydrogens (tertiary/aromatic N) is 1. The number of carbonyl (C=O) groups is 2. The van der Waals surface area contributed by atoms with Gasteiger partial charge in [0.2, 0.25) is 0 Å². The Bertz CT molecular complexity index is 1660. The third-order valence-corrected chi connectivity index (χ3v) is 11.2. The Morgan fingerprint density at radius 1 is 0.771 bits per heavy atom. The molecular weight excluding hydrogens is 594 g/mol. The average molecular weight is 642 g/mol. The van der Waals surface area contributed by atoms with Crippen molar-refractivity contribution in [1.82, 2.24) is 15.5 Å². The summed E-state index contributed by atoms with van der Waals surface area (Å²) in [6.07, 6.45) is 8.11. The molecule has 0 aromatic heterocycles. The van der Waals surface area contributed by atoms with E-state index in [1.807, 2.05) is 104 Å². The normalized spacial score (nSPS) is 22.5. The highest BCUT2D eigenvalue weighted by Crippen LogP contribution is 2.53. The van der Waals surface area contributed by atoms with Crippen molar-refractivity contribution in [1.29, 1.82) is 0 Å². The van der Waals surface area contributed by atoms with Crippen LogP contribution in [0.25, 0.3) is 0 Å². The molecule has 1 saturated heterocycles. The van der Waals surface area contributed by atoms with Gasteiger partial charge in [-0.15, -0.1) is 0 Å². The summed E-state index contributed by atoms with van der Waals surface area (Å²) in [5, 5.41) is 18.3. The number of rotatable bonds is 11. The number of benzene rings is 4. The molecular formula is C42H47N3O3. The van der Waals surface area contributed by atoms with Crippen molar-refractivity contribution in [3.8, 4) is 0 Å². The highest BCUT2D eigenvalue weighted by Gasteiger charge is 2.44. The van der Waals surface area contributed by atoms with E-state index in [0.717, 1.165) is 60.9 Å². The summed E-state index contributed by atoms with van der Waals surface area (Å²) < 4.78 is 0. The Morgan fingerprint density at radius 2 is 1.35 bits per heavy atom. The fourth-order valence-corrected chi connectivity index (χ4v) is 8.57. The molecule has 2 fully saturated rings. The van der Waals surface area contributed by atoms with Gasteiger partial charge in [-0.25, -0.2) is 4.79 Å². The molecule has 48 heavy (non-hydrogen) atoms. The molecule has 7 rings (SSSR count). The maximum absolute atomic E-state index is 13.2. The summed E-state index contributed by atoms with van der Waals surface area (Å²) >= 11 is 0. The Labute approximate surface area is 284 Å². The first-order valence-electron chi connectivity index (χ1n) is 17.8. The first-order chi connectivity index (χ1) is 23.4. The van der Waals surface area contributed by atoms with Crippen molar-refractivity contribution < 1.29 is 14.7 Å². The molecule has 0 unspecified atom stereocenters. The van der Waals surface area contributed by atoms with Crippen LogP contribution in [0.4, 0.5) is 4.79 Å². The predicted molar refractivity (Wildman–Crippen MR) is 190 cm³/mol. The molecule has 2 bridgehead atoms. The zero-order valence-electron chi connectivity index (χ0n) is 27.9. The summed E-state index contributed by atoms with van der Waals surface area (Å²) in [5.41, 5.74) is 4.81. The van der Waals surface area contributed by atoms with Crippen LogP contribution < -0.4 is 10.6 Å². The van der Waals surface area contributed by atoms with Crippen LogP contribution in [0.1, 0.15) is 102 Å². The lowest BCUT2D eigenvalue weighted by atomic mass is 9.81. The summed E-state index contributed by atoms with van der Waals surface area (Å²) in [6, 6.07) is 35.8. The van der Waals surface area contributed by atoms with E-state index in [2.05, 4.69) is 27.7 Å². The van der Waals surface area contributed by atoms with Gasteiger partial charge in [-0.05, 0) is 98.2 Å². The van der Waals surface area contributed by atoms with Crippen LogP contribution in [-0.2, 0) is 12.0 Å². The van der Waals surface area contributed by atoms with Gasteiger partial charge in [0.1, 0.15) is 5.60 Å². The van der Waals surface area contributed by atoms with Gasteiger partial charge >= 0.3 is 6.03 Å². The molecule has 6 nitrogen and oxygen atoms in total. The van der Waals surface area contributed by atoms with E-state index >= 15 is 0 Å². The standard InChI is InChI=1S/C42H47N3O3/c1-29(42(48,33-13-7-3-8-14-33)34-15-9-4-10-16-34)43-41(47)44-35-20-17-30(18-21-35)25-26-45-38-23-24-39(45)37-28-32(19-22-36(37)38)40(46)27-31-11-5-2-6-12-31/h2-16,19,22,28-30,35,38-39,48H,17-18,20-21,23-27H2,1H3,(H2,43,44,47)/t29-,30?,35?,38+,39-/m1/s1. The highest BCUT2D eigenvalue weighted by molar-refractivity contribution is 5.97. The predicted octanol–water partition coefficient (Wildman–Crippen LogP) is 7.88. The van der Waals surface area contributed by atoms with Crippen molar-refractivity contribution in [2.75, 3.05) is 6.54 Å². The second-order valence-corrected chi connectivity index (χ2v) is 14.1. The summed E-state index contributed by atoms with van der Waals surface area (Å²) in [4.78, 5) is 29.0. The third kappa shape index (κ3) is 6.56. The van der Waals surface area contributed by atoms with Gasteiger partial charge in [0, 0.05) is 30.1 Å². The molecule has 3 aliphatic rings. The van der Waals surface area contributed by atoms with E-state index in [1.54, 1.807) is 0 Å². The maximum Gasteiger partial charge on any atom is 0.315 e. The minimum atomic E-state index is -1.36. The van der Waals surface area contributed by atoms with Gasteiger partial charge in [-0.2, -0.15) is 0 Å². The van der Waals surface area contributed by atoms with E-state index in [-0.39, 0.29) is 17.9 Å². The molecule has 6 heteroatoms. The maximum atomic E-state index is 13.2. The lowest BCUT2D eigenvalue weighted by molar-refractivity contribution is 0.0470. The third-order valence-electron chi connectivity index (χ3n) is 11.2. The van der Waals surface area contributed by atoms with Crippen LogP contribution in [0, 0.1) is 5.92 Å². The largest absolute Gasteiger partial charge is 0.378 e. The van der Waals surface area contributed by atoms with Gasteiger partial charge < -0.3 is 15.7 Å². The van der Waals surface area contributed by atoms with Crippen molar-refractivity contribution >= 4 is 11.8 Å². The smallest absolute Gasteiger partial charge is 0.315 e. The highest BCUT2D eigenvalue weighted by atomic mass is 16.3.